The van der Waals surface area contributed by atoms with Crippen LogP contribution in [0.1, 0.15) is 22.5 Å². The standard InChI is InChI=1S/C16H15ClN2O2/c1-19-9-4-6-15(19)16(21)18-14-11-12(5-2-3-10-20)7-8-13(14)17/h4,6-9,11,20H,3,10H2,1H3,(H,18,21). The van der Waals surface area contributed by atoms with Crippen LogP contribution in [0.2, 0.25) is 5.02 Å². The topological polar surface area (TPSA) is 54.3 Å². The van der Waals surface area contributed by atoms with Crippen molar-refractivity contribution in [3.05, 3.63) is 52.8 Å². The predicted molar refractivity (Wildman–Crippen MR) is 83.4 cm³/mol. The van der Waals surface area contributed by atoms with Crippen LogP contribution >= 0.6 is 11.6 Å². The number of carbonyl (C=O) groups is 1. The Kier molecular flexibility index (Phi) is 5.04. The molecule has 108 valence electrons. The number of nitrogens with zero attached hydrogens (tertiary/aromatic N) is 1. The smallest absolute Gasteiger partial charge is 0.272 e. The van der Waals surface area contributed by atoms with E-state index < -0.39 is 0 Å². The van der Waals surface area contributed by atoms with Crippen molar-refractivity contribution in [2.75, 3.05) is 11.9 Å². The normalized spacial score (nSPS) is 9.86. The molecule has 0 fully saturated rings. The monoisotopic (exact) mass is 302 g/mol. The summed E-state index contributed by atoms with van der Waals surface area (Å²) in [4.78, 5) is 12.2. The molecule has 1 aromatic heterocycles. The summed E-state index contributed by atoms with van der Waals surface area (Å²) in [6.45, 7) is 0.0255. The Balaban J connectivity index is 2.20. The van der Waals surface area contributed by atoms with E-state index in [0.717, 1.165) is 5.56 Å². The summed E-state index contributed by atoms with van der Waals surface area (Å²) in [7, 11) is 1.80. The molecule has 0 radical (unpaired) electrons. The van der Waals surface area contributed by atoms with Gasteiger partial charge in [0, 0.05) is 25.2 Å². The SMILES string of the molecule is Cn1cccc1C(=O)Nc1cc(C#CCCO)ccc1Cl. The van der Waals surface area contributed by atoms with Crippen molar-refractivity contribution < 1.29 is 9.90 Å². The molecular formula is C16H15ClN2O2. The van der Waals surface area contributed by atoms with E-state index in [1.165, 1.54) is 0 Å². The molecule has 2 N–H and O–H groups in total. The van der Waals surface area contributed by atoms with Gasteiger partial charge in [-0.1, -0.05) is 23.4 Å². The van der Waals surface area contributed by atoms with Crippen LogP contribution in [0.3, 0.4) is 0 Å². The van der Waals surface area contributed by atoms with Crippen molar-refractivity contribution in [1.82, 2.24) is 4.57 Å². The lowest BCUT2D eigenvalue weighted by Crippen LogP contribution is -2.15. The second-order valence-electron chi connectivity index (χ2n) is 4.43. The minimum Gasteiger partial charge on any atom is -0.395 e. The molecular weight excluding hydrogens is 288 g/mol. The van der Waals surface area contributed by atoms with Crippen LogP contribution in [0.15, 0.2) is 36.5 Å². The summed E-state index contributed by atoms with van der Waals surface area (Å²) in [6.07, 6.45) is 2.21. The lowest BCUT2D eigenvalue weighted by Gasteiger charge is -2.08. The maximum absolute atomic E-state index is 12.2. The van der Waals surface area contributed by atoms with E-state index in [-0.39, 0.29) is 12.5 Å². The van der Waals surface area contributed by atoms with Crippen LogP contribution in [-0.4, -0.2) is 22.2 Å². The van der Waals surface area contributed by atoms with Crippen LogP contribution in [-0.2, 0) is 7.05 Å². The number of benzene rings is 1. The molecule has 0 saturated heterocycles. The van der Waals surface area contributed by atoms with Crippen molar-refractivity contribution in [1.29, 1.82) is 0 Å². The number of rotatable bonds is 3. The van der Waals surface area contributed by atoms with Crippen LogP contribution in [0.25, 0.3) is 0 Å². The molecule has 5 heteroatoms. The summed E-state index contributed by atoms with van der Waals surface area (Å²) >= 11 is 6.09. The number of aromatic nitrogens is 1. The third-order valence-electron chi connectivity index (χ3n) is 2.86. The first-order chi connectivity index (χ1) is 10.1. The van der Waals surface area contributed by atoms with Crippen molar-refractivity contribution in [2.45, 2.75) is 6.42 Å². The second-order valence-corrected chi connectivity index (χ2v) is 4.84. The van der Waals surface area contributed by atoms with Crippen molar-refractivity contribution in [3.8, 4) is 11.8 Å². The molecule has 21 heavy (non-hydrogen) atoms. The number of hydrogen-bond acceptors (Lipinski definition) is 2. The van der Waals surface area contributed by atoms with Gasteiger partial charge in [-0.15, -0.1) is 0 Å². The van der Waals surface area contributed by atoms with Crippen LogP contribution < -0.4 is 5.32 Å². The van der Waals surface area contributed by atoms with Gasteiger partial charge < -0.3 is 15.0 Å². The van der Waals surface area contributed by atoms with E-state index in [2.05, 4.69) is 17.2 Å². The van der Waals surface area contributed by atoms with E-state index in [1.54, 1.807) is 48.1 Å². The molecule has 0 aliphatic rings. The van der Waals surface area contributed by atoms with E-state index in [4.69, 9.17) is 16.7 Å². The van der Waals surface area contributed by atoms with E-state index in [9.17, 15) is 4.79 Å². The molecule has 0 aliphatic heterocycles. The van der Waals surface area contributed by atoms with Gasteiger partial charge in [-0.2, -0.15) is 0 Å². The third kappa shape index (κ3) is 3.88. The number of anilines is 1. The van der Waals surface area contributed by atoms with Crippen LogP contribution in [0, 0.1) is 11.8 Å². The van der Waals surface area contributed by atoms with Crippen molar-refractivity contribution in [2.24, 2.45) is 7.05 Å². The lowest BCUT2D eigenvalue weighted by molar-refractivity contribution is 0.101. The molecule has 0 bridgehead atoms. The van der Waals surface area contributed by atoms with Gasteiger partial charge in [0.05, 0.1) is 17.3 Å². The van der Waals surface area contributed by atoms with Gasteiger partial charge in [-0.25, -0.2) is 0 Å². The highest BCUT2D eigenvalue weighted by Gasteiger charge is 2.11. The average Bonchev–Trinajstić information content (AvgIpc) is 2.89. The maximum atomic E-state index is 12.2. The summed E-state index contributed by atoms with van der Waals surface area (Å²) in [5.74, 6) is 5.50. The maximum Gasteiger partial charge on any atom is 0.272 e. The first-order valence-corrected chi connectivity index (χ1v) is 6.81. The number of amides is 1. The molecule has 2 rings (SSSR count). The number of nitrogens with one attached hydrogen (secondary N) is 1. The fourth-order valence-corrected chi connectivity index (χ4v) is 1.97. The molecule has 0 unspecified atom stereocenters. The Morgan fingerprint density at radius 3 is 2.90 bits per heavy atom. The van der Waals surface area contributed by atoms with E-state index >= 15 is 0 Å². The van der Waals surface area contributed by atoms with Gasteiger partial charge in [-0.05, 0) is 30.3 Å². The lowest BCUT2D eigenvalue weighted by atomic mass is 10.2. The third-order valence-corrected chi connectivity index (χ3v) is 3.19. The largest absolute Gasteiger partial charge is 0.395 e. The van der Waals surface area contributed by atoms with Crippen LogP contribution in [0.4, 0.5) is 5.69 Å². The number of halogens is 1. The average molecular weight is 303 g/mol. The van der Waals surface area contributed by atoms with Crippen molar-refractivity contribution in [3.63, 3.8) is 0 Å². The molecule has 4 nitrogen and oxygen atoms in total. The zero-order valence-corrected chi connectivity index (χ0v) is 12.3. The number of carbonyl (C=O) groups excluding carboxylic acids is 1. The number of aliphatic hydroxyl groups excluding tert-OH is 1. The zero-order chi connectivity index (χ0) is 15.2. The summed E-state index contributed by atoms with van der Waals surface area (Å²) < 4.78 is 1.73. The van der Waals surface area contributed by atoms with Crippen molar-refractivity contribution >= 4 is 23.2 Å². The molecule has 1 amide bonds. The number of hydrogen-bond donors (Lipinski definition) is 2. The predicted octanol–water partition coefficient (Wildman–Crippen LogP) is 2.66. The van der Waals surface area contributed by atoms with Gasteiger partial charge in [0.1, 0.15) is 5.69 Å². The number of aliphatic hydroxyl groups is 1. The molecule has 0 atom stereocenters. The molecule has 0 spiro atoms. The summed E-state index contributed by atoms with van der Waals surface area (Å²) in [5, 5.41) is 11.9. The Hall–Kier alpha value is -2.22. The van der Waals surface area contributed by atoms with Gasteiger partial charge in [0.25, 0.3) is 5.91 Å². The minimum absolute atomic E-state index is 0.0255. The fourth-order valence-electron chi connectivity index (χ4n) is 1.80. The Morgan fingerprint density at radius 2 is 2.24 bits per heavy atom. The molecule has 0 aliphatic carbocycles. The zero-order valence-electron chi connectivity index (χ0n) is 11.6. The Morgan fingerprint density at radius 1 is 1.43 bits per heavy atom. The summed E-state index contributed by atoms with van der Waals surface area (Å²) in [6, 6.07) is 8.70. The van der Waals surface area contributed by atoms with Crippen LogP contribution in [0.5, 0.6) is 0 Å². The quantitative estimate of drug-likeness (QED) is 0.857. The highest BCUT2D eigenvalue weighted by Crippen LogP contribution is 2.23. The van der Waals surface area contributed by atoms with Gasteiger partial charge in [0.2, 0.25) is 0 Å². The van der Waals surface area contributed by atoms with Gasteiger partial charge in [-0.3, -0.25) is 4.79 Å². The first kappa shape index (κ1) is 15.2. The molecule has 1 heterocycles. The van der Waals surface area contributed by atoms with Gasteiger partial charge >= 0.3 is 0 Å². The van der Waals surface area contributed by atoms with Gasteiger partial charge in [0.15, 0.2) is 0 Å². The highest BCUT2D eigenvalue weighted by atomic mass is 35.5. The molecule has 2 aromatic rings. The molecule has 1 aromatic carbocycles. The van der Waals surface area contributed by atoms with E-state index in [1.807, 2.05) is 0 Å². The molecule has 0 saturated carbocycles. The Labute approximate surface area is 128 Å². The highest BCUT2D eigenvalue weighted by molar-refractivity contribution is 6.34. The summed E-state index contributed by atoms with van der Waals surface area (Å²) in [5.41, 5.74) is 1.79. The van der Waals surface area contributed by atoms with E-state index in [0.29, 0.717) is 22.8 Å². The fraction of sp³-hybridized carbons (Fsp3) is 0.188. The second kappa shape index (κ2) is 6.98. The Bertz CT molecular complexity index is 711. The number of aryl methyl sites for hydroxylation is 1. The minimum atomic E-state index is -0.232. The first-order valence-electron chi connectivity index (χ1n) is 6.44.